The van der Waals surface area contributed by atoms with Gasteiger partial charge in [-0.15, -0.1) is 0 Å². The lowest BCUT2D eigenvalue weighted by atomic mass is 10.0. The number of rotatable bonds is 5. The molecule has 2 nitrogen and oxygen atoms in total. The Morgan fingerprint density at radius 1 is 1.12 bits per heavy atom. The summed E-state index contributed by atoms with van der Waals surface area (Å²) < 4.78 is 0. The molecule has 0 spiro atoms. The molecule has 1 atom stereocenters. The van der Waals surface area contributed by atoms with Crippen LogP contribution in [0.15, 0.2) is 42.5 Å². The van der Waals surface area contributed by atoms with Gasteiger partial charge in [0.15, 0.2) is 0 Å². The first-order valence-electron chi connectivity index (χ1n) is 6.19. The monoisotopic (exact) mass is 229 g/mol. The number of hydrogen-bond acceptors (Lipinski definition) is 2. The average Bonchev–Trinajstić information content (AvgIpc) is 2.38. The summed E-state index contributed by atoms with van der Waals surface area (Å²) in [6.07, 6.45) is 0.648. The van der Waals surface area contributed by atoms with E-state index in [4.69, 9.17) is 0 Å². The van der Waals surface area contributed by atoms with Crippen LogP contribution in [0.2, 0.25) is 0 Å². The van der Waals surface area contributed by atoms with Crippen molar-refractivity contribution in [3.63, 3.8) is 0 Å². The maximum Gasteiger partial charge on any atom is 0.0920 e. The van der Waals surface area contributed by atoms with Gasteiger partial charge in [0.1, 0.15) is 0 Å². The number of benzene rings is 2. The summed E-state index contributed by atoms with van der Waals surface area (Å²) in [4.78, 5) is 0. The van der Waals surface area contributed by atoms with Crippen LogP contribution in [0.5, 0.6) is 0 Å². The summed E-state index contributed by atoms with van der Waals surface area (Å²) in [6.45, 7) is 3.68. The zero-order chi connectivity index (χ0) is 12.1. The Bertz CT molecular complexity index is 476. The van der Waals surface area contributed by atoms with Gasteiger partial charge in [0.2, 0.25) is 0 Å². The molecule has 0 aliphatic rings. The van der Waals surface area contributed by atoms with Crippen LogP contribution in [0.1, 0.15) is 25.0 Å². The molecule has 2 aromatic rings. The van der Waals surface area contributed by atoms with E-state index in [1.54, 1.807) is 0 Å². The van der Waals surface area contributed by atoms with Gasteiger partial charge in [-0.2, -0.15) is 0 Å². The fraction of sp³-hybridized carbons (Fsp3) is 0.333. The zero-order valence-electron chi connectivity index (χ0n) is 10.2. The Labute approximate surface area is 102 Å². The molecule has 90 valence electrons. The Morgan fingerprint density at radius 3 is 2.71 bits per heavy atom. The SMILES string of the molecule is CCCNC[C@H](O)c1cccc2ccccc12. The Hall–Kier alpha value is -1.38. The molecule has 0 aromatic heterocycles. The molecule has 17 heavy (non-hydrogen) atoms. The van der Waals surface area contributed by atoms with Crippen molar-refractivity contribution in [1.29, 1.82) is 0 Å². The molecule has 0 fully saturated rings. The highest BCUT2D eigenvalue weighted by atomic mass is 16.3. The highest BCUT2D eigenvalue weighted by Crippen LogP contribution is 2.23. The summed E-state index contributed by atoms with van der Waals surface area (Å²) >= 11 is 0. The lowest BCUT2D eigenvalue weighted by molar-refractivity contribution is 0.176. The maximum atomic E-state index is 10.2. The molecule has 0 bridgehead atoms. The van der Waals surface area contributed by atoms with E-state index in [-0.39, 0.29) is 0 Å². The smallest absolute Gasteiger partial charge is 0.0920 e. The molecule has 2 heteroatoms. The predicted molar refractivity (Wildman–Crippen MR) is 72.1 cm³/mol. The molecule has 2 N–H and O–H groups in total. The second-order valence-corrected chi connectivity index (χ2v) is 4.29. The summed E-state index contributed by atoms with van der Waals surface area (Å²) in [7, 11) is 0. The minimum absolute atomic E-state index is 0.437. The molecule has 0 heterocycles. The van der Waals surface area contributed by atoms with Gasteiger partial charge >= 0.3 is 0 Å². The molecule has 2 aromatic carbocycles. The zero-order valence-corrected chi connectivity index (χ0v) is 10.2. The van der Waals surface area contributed by atoms with E-state index in [1.807, 2.05) is 24.3 Å². The van der Waals surface area contributed by atoms with Crippen LogP contribution in [0, 0.1) is 0 Å². The van der Waals surface area contributed by atoms with Crippen LogP contribution in [0.4, 0.5) is 0 Å². The quantitative estimate of drug-likeness (QED) is 0.773. The fourth-order valence-corrected chi connectivity index (χ4v) is 2.07. The van der Waals surface area contributed by atoms with Crippen LogP contribution in [0.3, 0.4) is 0 Å². The van der Waals surface area contributed by atoms with Crippen LogP contribution >= 0.6 is 0 Å². The highest BCUT2D eigenvalue weighted by molar-refractivity contribution is 5.85. The highest BCUT2D eigenvalue weighted by Gasteiger charge is 2.09. The van der Waals surface area contributed by atoms with Gasteiger partial charge in [-0.25, -0.2) is 0 Å². The van der Waals surface area contributed by atoms with Crippen molar-refractivity contribution >= 4 is 10.8 Å². The lowest BCUT2D eigenvalue weighted by Crippen LogP contribution is -2.22. The van der Waals surface area contributed by atoms with E-state index in [0.717, 1.165) is 23.9 Å². The maximum absolute atomic E-state index is 10.2. The second kappa shape index (κ2) is 5.80. The summed E-state index contributed by atoms with van der Waals surface area (Å²) in [5.41, 5.74) is 1.01. The third-order valence-corrected chi connectivity index (χ3v) is 2.95. The molecular weight excluding hydrogens is 210 g/mol. The fourth-order valence-electron chi connectivity index (χ4n) is 2.07. The molecule has 2 rings (SSSR count). The van der Waals surface area contributed by atoms with E-state index >= 15 is 0 Å². The predicted octanol–water partition coefficient (Wildman–Crippen LogP) is 2.87. The van der Waals surface area contributed by atoms with Crippen molar-refractivity contribution in [1.82, 2.24) is 5.32 Å². The van der Waals surface area contributed by atoms with Gasteiger partial charge in [-0.1, -0.05) is 49.4 Å². The third kappa shape index (κ3) is 2.84. The lowest BCUT2D eigenvalue weighted by Gasteiger charge is -2.14. The standard InChI is InChI=1S/C15H19NO/c1-2-10-16-11-15(17)14-9-5-7-12-6-3-4-8-13(12)14/h3-9,15-17H,2,10-11H2,1H3/t15-/m0/s1. The number of nitrogens with one attached hydrogen (secondary N) is 1. The van der Waals surface area contributed by atoms with Crippen molar-refractivity contribution < 1.29 is 5.11 Å². The van der Waals surface area contributed by atoms with Crippen molar-refractivity contribution in [3.05, 3.63) is 48.0 Å². The molecule has 0 saturated heterocycles. The minimum Gasteiger partial charge on any atom is -0.387 e. The van der Waals surface area contributed by atoms with Gasteiger partial charge < -0.3 is 10.4 Å². The van der Waals surface area contributed by atoms with Crippen molar-refractivity contribution in [2.45, 2.75) is 19.4 Å². The third-order valence-electron chi connectivity index (χ3n) is 2.95. The van der Waals surface area contributed by atoms with Gasteiger partial charge in [0.25, 0.3) is 0 Å². The van der Waals surface area contributed by atoms with Gasteiger partial charge in [0.05, 0.1) is 6.10 Å². The normalized spacial score (nSPS) is 12.8. The number of hydrogen-bond donors (Lipinski definition) is 2. The molecule has 0 amide bonds. The van der Waals surface area contributed by atoms with Crippen molar-refractivity contribution in [3.8, 4) is 0 Å². The Kier molecular flexibility index (Phi) is 4.13. The summed E-state index contributed by atoms with van der Waals surface area (Å²) in [6, 6.07) is 14.2. The molecule has 0 unspecified atom stereocenters. The van der Waals surface area contributed by atoms with Crippen molar-refractivity contribution in [2.24, 2.45) is 0 Å². The van der Waals surface area contributed by atoms with Gasteiger partial charge in [-0.3, -0.25) is 0 Å². The molecule has 0 radical (unpaired) electrons. The topological polar surface area (TPSA) is 32.3 Å². The molecule has 0 aliphatic heterocycles. The summed E-state index contributed by atoms with van der Waals surface area (Å²) in [5.74, 6) is 0. The van der Waals surface area contributed by atoms with Crippen LogP contribution in [-0.4, -0.2) is 18.2 Å². The molecule has 0 aliphatic carbocycles. The average molecular weight is 229 g/mol. The summed E-state index contributed by atoms with van der Waals surface area (Å²) in [5, 5.41) is 15.8. The second-order valence-electron chi connectivity index (χ2n) is 4.29. The van der Waals surface area contributed by atoms with Gasteiger partial charge in [-0.05, 0) is 29.3 Å². The first kappa shape index (κ1) is 12.1. The Morgan fingerprint density at radius 2 is 1.88 bits per heavy atom. The van der Waals surface area contributed by atoms with E-state index in [9.17, 15) is 5.11 Å². The molecule has 0 saturated carbocycles. The van der Waals surface area contributed by atoms with E-state index in [0.29, 0.717) is 6.54 Å². The largest absolute Gasteiger partial charge is 0.387 e. The van der Waals surface area contributed by atoms with E-state index < -0.39 is 6.10 Å². The van der Waals surface area contributed by atoms with Crippen LogP contribution in [-0.2, 0) is 0 Å². The number of fused-ring (bicyclic) bond motifs is 1. The van der Waals surface area contributed by atoms with Gasteiger partial charge in [0, 0.05) is 6.54 Å². The van der Waals surface area contributed by atoms with E-state index in [1.165, 1.54) is 5.39 Å². The Balaban J connectivity index is 2.22. The number of aliphatic hydroxyl groups is 1. The van der Waals surface area contributed by atoms with E-state index in [2.05, 4.69) is 30.4 Å². The van der Waals surface area contributed by atoms with Crippen LogP contribution < -0.4 is 5.32 Å². The minimum atomic E-state index is -0.437. The first-order chi connectivity index (χ1) is 8.33. The van der Waals surface area contributed by atoms with Crippen LogP contribution in [0.25, 0.3) is 10.8 Å². The first-order valence-corrected chi connectivity index (χ1v) is 6.19. The molecular formula is C15H19NO. The number of aliphatic hydroxyl groups excluding tert-OH is 1. The van der Waals surface area contributed by atoms with Crippen molar-refractivity contribution in [2.75, 3.05) is 13.1 Å².